The summed E-state index contributed by atoms with van der Waals surface area (Å²) < 4.78 is 0. The molecule has 2 rings (SSSR count). The minimum Gasteiger partial charge on any atom is -0.0622 e. The fraction of sp³-hybridized carbons (Fsp3) is 0. The lowest BCUT2D eigenvalue weighted by molar-refractivity contribution is 1.47. The monoisotopic (exact) mass is 210 g/mol. The van der Waals surface area contributed by atoms with Crippen molar-refractivity contribution in [3.8, 4) is 11.2 Å². The van der Waals surface area contributed by atoms with Gasteiger partial charge in [0.25, 0.3) is 0 Å². The van der Waals surface area contributed by atoms with E-state index < -0.39 is 0 Å². The van der Waals surface area contributed by atoms with E-state index >= 15 is 0 Å². The first kappa shape index (κ1) is 9.89. The van der Waals surface area contributed by atoms with Crippen molar-refractivity contribution in [2.45, 2.75) is 4.90 Å². The minimum absolute atomic E-state index is 1.06. The Morgan fingerprint density at radius 3 is 2.00 bits per heavy atom. The molecule has 0 aliphatic carbocycles. The lowest BCUT2D eigenvalue weighted by atomic mass is 10.2. The third-order valence-electron chi connectivity index (χ3n) is 1.88. The SMILES string of the molecule is C(#Cc1ccccc1)Sc1ccccc1. The highest BCUT2D eigenvalue weighted by Crippen LogP contribution is 2.15. The highest BCUT2D eigenvalue weighted by molar-refractivity contribution is 8.03. The number of hydrogen-bond acceptors (Lipinski definition) is 1. The fourth-order valence-electron chi connectivity index (χ4n) is 1.15. The highest BCUT2D eigenvalue weighted by atomic mass is 32.2. The van der Waals surface area contributed by atoms with E-state index in [4.69, 9.17) is 0 Å². The van der Waals surface area contributed by atoms with Crippen molar-refractivity contribution in [1.82, 2.24) is 0 Å². The highest BCUT2D eigenvalue weighted by Gasteiger charge is 1.86. The molecular formula is C14H10S. The van der Waals surface area contributed by atoms with Crippen LogP contribution in [0.4, 0.5) is 0 Å². The molecule has 0 saturated carbocycles. The Balaban J connectivity index is 2.03. The van der Waals surface area contributed by atoms with Crippen LogP contribution in [0.3, 0.4) is 0 Å². The molecule has 1 heteroatoms. The maximum atomic E-state index is 3.11. The maximum Gasteiger partial charge on any atom is 0.0254 e. The molecule has 0 saturated heterocycles. The summed E-state index contributed by atoms with van der Waals surface area (Å²) in [5.74, 6) is 3.11. The first-order valence-corrected chi connectivity index (χ1v) is 5.55. The molecule has 0 nitrogen and oxygen atoms in total. The van der Waals surface area contributed by atoms with Crippen LogP contribution >= 0.6 is 11.8 Å². The van der Waals surface area contributed by atoms with Crippen molar-refractivity contribution in [2.75, 3.05) is 0 Å². The van der Waals surface area contributed by atoms with Gasteiger partial charge in [-0.05, 0) is 41.3 Å². The minimum atomic E-state index is 1.06. The molecule has 0 radical (unpaired) electrons. The number of benzene rings is 2. The van der Waals surface area contributed by atoms with Gasteiger partial charge in [-0.3, -0.25) is 0 Å². The van der Waals surface area contributed by atoms with Crippen molar-refractivity contribution in [3.05, 3.63) is 66.2 Å². The van der Waals surface area contributed by atoms with E-state index in [9.17, 15) is 0 Å². The molecule has 2 aromatic rings. The van der Waals surface area contributed by atoms with E-state index in [1.807, 2.05) is 48.5 Å². The zero-order valence-electron chi connectivity index (χ0n) is 8.18. The Hall–Kier alpha value is -1.65. The second-order valence-electron chi connectivity index (χ2n) is 3.01. The molecule has 0 N–H and O–H groups in total. The molecule has 0 unspecified atom stereocenters. The Morgan fingerprint density at radius 2 is 1.33 bits per heavy atom. The number of hydrogen-bond donors (Lipinski definition) is 0. The van der Waals surface area contributed by atoms with Gasteiger partial charge in [0.1, 0.15) is 0 Å². The van der Waals surface area contributed by atoms with Crippen molar-refractivity contribution in [1.29, 1.82) is 0 Å². The molecule has 2 aromatic carbocycles. The first-order chi connectivity index (χ1) is 7.45. The van der Waals surface area contributed by atoms with Crippen molar-refractivity contribution < 1.29 is 0 Å². The van der Waals surface area contributed by atoms with Crippen molar-refractivity contribution >= 4 is 11.8 Å². The Labute approximate surface area is 94.3 Å². The van der Waals surface area contributed by atoms with Gasteiger partial charge in [0.05, 0.1) is 0 Å². The third kappa shape index (κ3) is 3.19. The molecular weight excluding hydrogens is 200 g/mol. The number of rotatable bonds is 1. The summed E-state index contributed by atoms with van der Waals surface area (Å²) in [6, 6.07) is 20.2. The van der Waals surface area contributed by atoms with Gasteiger partial charge in [0.2, 0.25) is 0 Å². The van der Waals surface area contributed by atoms with Gasteiger partial charge in [0.15, 0.2) is 0 Å². The summed E-state index contributed by atoms with van der Waals surface area (Å²) in [5, 5.41) is 3.08. The van der Waals surface area contributed by atoms with Crippen LogP contribution in [0.25, 0.3) is 0 Å². The largest absolute Gasteiger partial charge is 0.0622 e. The van der Waals surface area contributed by atoms with Crippen LogP contribution in [-0.2, 0) is 0 Å². The molecule has 72 valence electrons. The molecule has 0 spiro atoms. The van der Waals surface area contributed by atoms with Gasteiger partial charge < -0.3 is 0 Å². The predicted octanol–water partition coefficient (Wildman–Crippen LogP) is 3.79. The molecule has 0 amide bonds. The summed E-state index contributed by atoms with van der Waals surface area (Å²) in [4.78, 5) is 1.18. The van der Waals surface area contributed by atoms with Crippen molar-refractivity contribution in [3.63, 3.8) is 0 Å². The molecule has 0 atom stereocenters. The van der Waals surface area contributed by atoms with Crippen LogP contribution in [0.5, 0.6) is 0 Å². The maximum absolute atomic E-state index is 3.11. The van der Waals surface area contributed by atoms with Crippen LogP contribution in [0.15, 0.2) is 65.6 Å². The third-order valence-corrected chi connectivity index (χ3v) is 2.59. The molecule has 0 heterocycles. The summed E-state index contributed by atoms with van der Waals surface area (Å²) >= 11 is 1.55. The van der Waals surface area contributed by atoms with Crippen LogP contribution in [-0.4, -0.2) is 0 Å². The zero-order chi connectivity index (χ0) is 10.3. The van der Waals surface area contributed by atoms with Gasteiger partial charge in [-0.25, -0.2) is 0 Å². The van der Waals surface area contributed by atoms with E-state index in [2.05, 4.69) is 23.3 Å². The second kappa shape index (κ2) is 5.29. The summed E-state index contributed by atoms with van der Waals surface area (Å²) in [6.45, 7) is 0. The average Bonchev–Trinajstić information content (AvgIpc) is 2.32. The smallest absolute Gasteiger partial charge is 0.0254 e. The fourth-order valence-corrected chi connectivity index (χ4v) is 1.73. The van der Waals surface area contributed by atoms with E-state index in [0.717, 1.165) is 5.56 Å². The van der Waals surface area contributed by atoms with Gasteiger partial charge in [-0.15, -0.1) is 0 Å². The van der Waals surface area contributed by atoms with Crippen molar-refractivity contribution in [2.24, 2.45) is 0 Å². The first-order valence-electron chi connectivity index (χ1n) is 4.73. The summed E-state index contributed by atoms with van der Waals surface area (Å²) in [5.41, 5.74) is 1.06. The predicted molar refractivity (Wildman–Crippen MR) is 65.6 cm³/mol. The summed E-state index contributed by atoms with van der Waals surface area (Å²) in [6.07, 6.45) is 0. The van der Waals surface area contributed by atoms with Gasteiger partial charge in [-0.2, -0.15) is 0 Å². The average molecular weight is 210 g/mol. The topological polar surface area (TPSA) is 0 Å². The normalized spacial score (nSPS) is 9.07. The Morgan fingerprint density at radius 1 is 0.733 bits per heavy atom. The van der Waals surface area contributed by atoms with Gasteiger partial charge in [0, 0.05) is 10.5 Å². The van der Waals surface area contributed by atoms with E-state index in [1.54, 1.807) is 11.8 Å². The zero-order valence-corrected chi connectivity index (χ0v) is 9.00. The van der Waals surface area contributed by atoms with Gasteiger partial charge >= 0.3 is 0 Å². The van der Waals surface area contributed by atoms with Crippen LogP contribution in [0, 0.1) is 11.2 Å². The van der Waals surface area contributed by atoms with Crippen LogP contribution < -0.4 is 0 Å². The number of thioether (sulfide) groups is 1. The lowest BCUT2D eigenvalue weighted by Gasteiger charge is -1.90. The molecule has 0 aromatic heterocycles. The molecule has 0 bridgehead atoms. The summed E-state index contributed by atoms with van der Waals surface area (Å²) in [7, 11) is 0. The van der Waals surface area contributed by atoms with Crippen LogP contribution in [0.1, 0.15) is 5.56 Å². The van der Waals surface area contributed by atoms with E-state index in [-0.39, 0.29) is 0 Å². The standard InChI is InChI=1S/C14H10S/c1-3-7-13(8-4-1)11-12-15-14-9-5-2-6-10-14/h1-10H. The van der Waals surface area contributed by atoms with Crippen LogP contribution in [0.2, 0.25) is 0 Å². The quantitative estimate of drug-likeness (QED) is 0.510. The van der Waals surface area contributed by atoms with E-state index in [0.29, 0.717) is 0 Å². The molecule has 0 aliphatic heterocycles. The lowest BCUT2D eigenvalue weighted by Crippen LogP contribution is -1.69. The Bertz CT molecular complexity index is 463. The molecule has 15 heavy (non-hydrogen) atoms. The second-order valence-corrected chi connectivity index (χ2v) is 3.89. The van der Waals surface area contributed by atoms with Gasteiger partial charge in [-0.1, -0.05) is 42.3 Å². The molecule has 0 aliphatic rings. The van der Waals surface area contributed by atoms with E-state index in [1.165, 1.54) is 4.90 Å². The Kier molecular flexibility index (Phi) is 3.48. The molecule has 0 fully saturated rings.